The highest BCUT2D eigenvalue weighted by molar-refractivity contribution is 7.09. The van der Waals surface area contributed by atoms with Crippen LogP contribution in [-0.2, 0) is 4.84 Å². The molecule has 2 aliphatic rings. The molecule has 11 heteroatoms. The van der Waals surface area contributed by atoms with Crippen molar-refractivity contribution < 1.29 is 14.4 Å². The van der Waals surface area contributed by atoms with Gasteiger partial charge >= 0.3 is 6.03 Å². The zero-order valence-corrected chi connectivity index (χ0v) is 14.4. The number of carbonyl (C=O) groups is 2. The van der Waals surface area contributed by atoms with E-state index in [1.807, 2.05) is 6.08 Å². The standard InChI is InChI=1S/C15H15N7O3S/c1-2-5-25-22-11-6-10(7-20(8-11)15(22)24)21-4-3-12(19-21)13(23)18-14-16-9-17-26-14/h2-4,6,9,11H,1,5,7-8H2,(H,16,17,18,23). The van der Waals surface area contributed by atoms with E-state index in [0.717, 1.165) is 17.2 Å². The topological polar surface area (TPSA) is 105 Å². The van der Waals surface area contributed by atoms with E-state index >= 15 is 0 Å². The molecule has 0 aliphatic carbocycles. The van der Waals surface area contributed by atoms with Gasteiger partial charge in [0.15, 0.2) is 5.69 Å². The largest absolute Gasteiger partial charge is 0.345 e. The molecule has 10 nitrogen and oxygen atoms in total. The molecule has 1 unspecified atom stereocenters. The first-order chi connectivity index (χ1) is 12.7. The third-order valence-corrected chi connectivity index (χ3v) is 4.51. The molecule has 2 aliphatic heterocycles. The quantitative estimate of drug-likeness (QED) is 0.759. The van der Waals surface area contributed by atoms with Gasteiger partial charge in [0.05, 0.1) is 24.9 Å². The van der Waals surface area contributed by atoms with E-state index < -0.39 is 0 Å². The van der Waals surface area contributed by atoms with Crippen LogP contribution in [0.25, 0.3) is 5.70 Å². The van der Waals surface area contributed by atoms with Gasteiger partial charge in [-0.25, -0.2) is 14.5 Å². The van der Waals surface area contributed by atoms with E-state index in [4.69, 9.17) is 4.84 Å². The van der Waals surface area contributed by atoms with Crippen LogP contribution in [0.4, 0.5) is 9.93 Å². The molecular formula is C15H15N7O3S. The lowest BCUT2D eigenvalue weighted by Crippen LogP contribution is -2.33. The van der Waals surface area contributed by atoms with Crippen LogP contribution in [0.2, 0.25) is 0 Å². The van der Waals surface area contributed by atoms with Gasteiger partial charge in [0, 0.05) is 24.3 Å². The molecule has 0 aromatic carbocycles. The Morgan fingerprint density at radius 1 is 1.54 bits per heavy atom. The summed E-state index contributed by atoms with van der Waals surface area (Å²) in [6, 6.07) is 1.22. The van der Waals surface area contributed by atoms with Crippen LogP contribution in [0.5, 0.6) is 0 Å². The number of carbonyl (C=O) groups excluding carboxylic acids is 2. The van der Waals surface area contributed by atoms with Crippen molar-refractivity contribution in [3.63, 3.8) is 0 Å². The Labute approximate surface area is 152 Å². The molecule has 0 saturated carbocycles. The first kappa shape index (κ1) is 16.4. The van der Waals surface area contributed by atoms with Gasteiger partial charge < -0.3 is 4.90 Å². The third-order valence-electron chi connectivity index (χ3n) is 3.93. The predicted molar refractivity (Wildman–Crippen MR) is 93.1 cm³/mol. The van der Waals surface area contributed by atoms with E-state index in [1.165, 1.54) is 11.4 Å². The smallest absolute Gasteiger partial charge is 0.314 e. The molecule has 2 aromatic heterocycles. The average molecular weight is 373 g/mol. The van der Waals surface area contributed by atoms with Crippen molar-refractivity contribution >= 4 is 34.3 Å². The summed E-state index contributed by atoms with van der Waals surface area (Å²) in [7, 11) is 0. The summed E-state index contributed by atoms with van der Waals surface area (Å²) < 4.78 is 5.42. The van der Waals surface area contributed by atoms with Crippen molar-refractivity contribution in [3.05, 3.63) is 43.0 Å². The lowest BCUT2D eigenvalue weighted by molar-refractivity contribution is -0.107. The van der Waals surface area contributed by atoms with Crippen LogP contribution in [0.15, 0.2) is 37.3 Å². The van der Waals surface area contributed by atoms with Crippen molar-refractivity contribution in [2.24, 2.45) is 0 Å². The Balaban J connectivity index is 1.50. The maximum Gasteiger partial charge on any atom is 0.345 e. The molecule has 1 saturated heterocycles. The summed E-state index contributed by atoms with van der Waals surface area (Å²) in [5.41, 5.74) is 1.05. The molecule has 2 aromatic rings. The van der Waals surface area contributed by atoms with E-state index in [2.05, 4.69) is 26.4 Å². The van der Waals surface area contributed by atoms with Crippen LogP contribution < -0.4 is 5.32 Å². The SMILES string of the molecule is C=CCON1C(=O)N2CC(n3ccc(C(=O)Nc4ncns4)n3)=CC1C2. The Morgan fingerprint density at radius 3 is 3.19 bits per heavy atom. The molecule has 4 heterocycles. The number of urea groups is 1. The molecule has 0 spiro atoms. The third kappa shape index (κ3) is 2.97. The summed E-state index contributed by atoms with van der Waals surface area (Å²) in [4.78, 5) is 35.5. The minimum atomic E-state index is -0.368. The van der Waals surface area contributed by atoms with Gasteiger partial charge in [-0.1, -0.05) is 6.08 Å². The fourth-order valence-electron chi connectivity index (χ4n) is 2.81. The van der Waals surface area contributed by atoms with Gasteiger partial charge in [0.25, 0.3) is 5.91 Å². The van der Waals surface area contributed by atoms with Crippen LogP contribution in [-0.4, -0.2) is 66.8 Å². The van der Waals surface area contributed by atoms with Crippen molar-refractivity contribution in [1.82, 2.24) is 29.1 Å². The Hall–Kier alpha value is -3.05. The number of nitrogens with one attached hydrogen (secondary N) is 1. The summed E-state index contributed by atoms with van der Waals surface area (Å²) in [6.07, 6.45) is 6.56. The van der Waals surface area contributed by atoms with E-state index in [-0.39, 0.29) is 30.3 Å². The second-order valence-corrected chi connectivity index (χ2v) is 6.42. The minimum absolute atomic E-state index is 0.190. The minimum Gasteiger partial charge on any atom is -0.314 e. The highest BCUT2D eigenvalue weighted by atomic mass is 32.1. The van der Waals surface area contributed by atoms with Gasteiger partial charge in [-0.3, -0.25) is 14.9 Å². The first-order valence-corrected chi connectivity index (χ1v) is 8.60. The zero-order chi connectivity index (χ0) is 18.1. The van der Waals surface area contributed by atoms with Crippen LogP contribution in [0.1, 0.15) is 10.5 Å². The van der Waals surface area contributed by atoms with Crippen molar-refractivity contribution in [3.8, 4) is 0 Å². The number of fused-ring (bicyclic) bond motifs is 2. The summed E-state index contributed by atoms with van der Waals surface area (Å²) in [5, 5.41) is 8.69. The number of hydrogen-bond acceptors (Lipinski definition) is 7. The Bertz CT molecular complexity index is 876. The number of hydrogen-bond donors (Lipinski definition) is 1. The second-order valence-electron chi connectivity index (χ2n) is 5.64. The monoisotopic (exact) mass is 373 g/mol. The Morgan fingerprint density at radius 2 is 2.42 bits per heavy atom. The van der Waals surface area contributed by atoms with E-state index in [1.54, 1.807) is 27.9 Å². The first-order valence-electron chi connectivity index (χ1n) is 7.82. The number of rotatable bonds is 6. The van der Waals surface area contributed by atoms with Gasteiger partial charge in [-0.2, -0.15) is 14.5 Å². The van der Waals surface area contributed by atoms with Gasteiger partial charge in [-0.15, -0.1) is 6.58 Å². The lowest BCUT2D eigenvalue weighted by atomic mass is 10.2. The van der Waals surface area contributed by atoms with Crippen molar-refractivity contribution in [1.29, 1.82) is 0 Å². The zero-order valence-electron chi connectivity index (χ0n) is 13.6. The fourth-order valence-corrected chi connectivity index (χ4v) is 3.24. The molecule has 1 N–H and O–H groups in total. The van der Waals surface area contributed by atoms with Crippen LogP contribution in [0.3, 0.4) is 0 Å². The van der Waals surface area contributed by atoms with Gasteiger partial charge in [0.1, 0.15) is 6.33 Å². The number of aromatic nitrogens is 4. The Kier molecular flexibility index (Phi) is 4.22. The normalized spacial score (nSPS) is 18.8. The van der Waals surface area contributed by atoms with E-state index in [9.17, 15) is 9.59 Å². The van der Waals surface area contributed by atoms with Crippen LogP contribution >= 0.6 is 11.5 Å². The maximum atomic E-state index is 12.3. The summed E-state index contributed by atoms with van der Waals surface area (Å²) in [6.45, 7) is 4.80. The summed E-state index contributed by atoms with van der Waals surface area (Å²) >= 11 is 1.09. The van der Waals surface area contributed by atoms with Crippen molar-refractivity contribution in [2.45, 2.75) is 6.04 Å². The highest BCUT2D eigenvalue weighted by Gasteiger charge is 2.41. The van der Waals surface area contributed by atoms with E-state index in [0.29, 0.717) is 18.2 Å². The predicted octanol–water partition coefficient (Wildman–Crippen LogP) is 1.07. The summed E-state index contributed by atoms with van der Waals surface area (Å²) in [5.74, 6) is -0.368. The number of anilines is 1. The van der Waals surface area contributed by atoms with Gasteiger partial charge in [0.2, 0.25) is 5.13 Å². The second kappa shape index (κ2) is 6.69. The fraction of sp³-hybridized carbons (Fsp3) is 0.267. The average Bonchev–Trinajstić information content (AvgIpc) is 3.36. The molecule has 134 valence electrons. The van der Waals surface area contributed by atoms with Crippen LogP contribution in [0, 0.1) is 0 Å². The number of hydroxylamine groups is 2. The molecule has 3 amide bonds. The highest BCUT2D eigenvalue weighted by Crippen LogP contribution is 2.26. The molecule has 4 rings (SSSR count). The molecular weight excluding hydrogens is 358 g/mol. The molecule has 1 atom stereocenters. The van der Waals surface area contributed by atoms with Crippen molar-refractivity contribution in [2.75, 3.05) is 25.0 Å². The number of nitrogens with zero attached hydrogens (tertiary/aromatic N) is 6. The molecule has 2 bridgehead atoms. The molecule has 0 radical (unpaired) electrons. The number of amides is 3. The molecule has 1 fully saturated rings. The molecule has 26 heavy (non-hydrogen) atoms. The lowest BCUT2D eigenvalue weighted by Gasteiger charge is -2.21. The van der Waals surface area contributed by atoms with Gasteiger partial charge in [-0.05, 0) is 12.1 Å². The maximum absolute atomic E-state index is 12.3.